The first-order chi connectivity index (χ1) is 12.1. The van der Waals surface area contributed by atoms with Gasteiger partial charge in [0.05, 0.1) is 23.1 Å². The molecule has 0 spiro atoms. The first-order valence-corrected chi connectivity index (χ1v) is 8.17. The van der Waals surface area contributed by atoms with Gasteiger partial charge in [-0.3, -0.25) is 9.48 Å². The van der Waals surface area contributed by atoms with Crippen molar-refractivity contribution in [1.82, 2.24) is 18.5 Å². The van der Waals surface area contributed by atoms with Crippen molar-refractivity contribution in [3.05, 3.63) is 60.0 Å². The maximum absolute atomic E-state index is 13.1. The van der Waals surface area contributed by atoms with Crippen LogP contribution in [-0.2, 0) is 7.05 Å². The van der Waals surface area contributed by atoms with E-state index >= 15 is 0 Å². The summed E-state index contributed by atoms with van der Waals surface area (Å²) in [6, 6.07) is 13.1. The van der Waals surface area contributed by atoms with E-state index in [1.165, 1.54) is 16.8 Å². The summed E-state index contributed by atoms with van der Waals surface area (Å²) in [4.78, 5) is 12.6. The van der Waals surface area contributed by atoms with Crippen molar-refractivity contribution in [1.29, 1.82) is 0 Å². The molecule has 2 aromatic heterocycles. The van der Waals surface area contributed by atoms with Crippen LogP contribution in [0.3, 0.4) is 0 Å². The van der Waals surface area contributed by atoms with Crippen LogP contribution in [0.4, 0.5) is 10.1 Å². The first kappa shape index (κ1) is 15.4. The standard InChI is InChI=1S/C17H12FN5OS/c1-23-15(9-14(20-23)10-5-7-11(18)8-6-10)17(24)19-12-3-2-4-13-16(12)22-25-21-13/h2-9H,1H3,(H,19,24). The summed E-state index contributed by atoms with van der Waals surface area (Å²) >= 11 is 1.10. The van der Waals surface area contributed by atoms with Gasteiger partial charge in [-0.05, 0) is 42.5 Å². The van der Waals surface area contributed by atoms with Crippen LogP contribution >= 0.6 is 11.7 Å². The number of halogens is 1. The Hall–Kier alpha value is -3.13. The maximum Gasteiger partial charge on any atom is 0.274 e. The molecule has 0 saturated carbocycles. The van der Waals surface area contributed by atoms with Crippen molar-refractivity contribution in [3.63, 3.8) is 0 Å². The second kappa shape index (κ2) is 6.06. The minimum atomic E-state index is -0.317. The van der Waals surface area contributed by atoms with Gasteiger partial charge in [0.1, 0.15) is 22.5 Å². The molecule has 0 radical (unpaired) electrons. The van der Waals surface area contributed by atoms with E-state index in [0.717, 1.165) is 22.8 Å². The fourth-order valence-electron chi connectivity index (χ4n) is 2.53. The van der Waals surface area contributed by atoms with Crippen molar-refractivity contribution in [2.45, 2.75) is 0 Å². The van der Waals surface area contributed by atoms with Crippen LogP contribution in [0.5, 0.6) is 0 Å². The van der Waals surface area contributed by atoms with Crippen LogP contribution in [0.2, 0.25) is 0 Å². The van der Waals surface area contributed by atoms with Crippen molar-refractivity contribution >= 4 is 34.4 Å². The Morgan fingerprint density at radius 1 is 1.16 bits per heavy atom. The highest BCUT2D eigenvalue weighted by molar-refractivity contribution is 7.00. The molecule has 0 aliphatic rings. The molecule has 8 heteroatoms. The van der Waals surface area contributed by atoms with Gasteiger partial charge >= 0.3 is 0 Å². The number of aryl methyl sites for hydroxylation is 1. The Morgan fingerprint density at radius 3 is 2.76 bits per heavy atom. The molecule has 0 aliphatic carbocycles. The van der Waals surface area contributed by atoms with Gasteiger partial charge in [0, 0.05) is 12.6 Å². The second-order valence-corrected chi connectivity index (χ2v) is 5.97. The molecule has 2 heterocycles. The van der Waals surface area contributed by atoms with Gasteiger partial charge in [0.25, 0.3) is 5.91 Å². The average molecular weight is 353 g/mol. The lowest BCUT2D eigenvalue weighted by Gasteiger charge is -2.05. The van der Waals surface area contributed by atoms with Gasteiger partial charge in [-0.1, -0.05) is 6.07 Å². The molecule has 25 heavy (non-hydrogen) atoms. The second-order valence-electron chi connectivity index (χ2n) is 5.44. The minimum Gasteiger partial charge on any atom is -0.319 e. The third-order valence-corrected chi connectivity index (χ3v) is 4.33. The Kier molecular flexibility index (Phi) is 3.73. The van der Waals surface area contributed by atoms with Crippen molar-refractivity contribution in [3.8, 4) is 11.3 Å². The van der Waals surface area contributed by atoms with E-state index in [4.69, 9.17) is 0 Å². The van der Waals surface area contributed by atoms with Crippen molar-refractivity contribution < 1.29 is 9.18 Å². The highest BCUT2D eigenvalue weighted by Gasteiger charge is 2.16. The van der Waals surface area contributed by atoms with E-state index in [9.17, 15) is 9.18 Å². The number of hydrogen-bond acceptors (Lipinski definition) is 5. The highest BCUT2D eigenvalue weighted by atomic mass is 32.1. The number of hydrogen-bond donors (Lipinski definition) is 1. The lowest BCUT2D eigenvalue weighted by Crippen LogP contribution is -2.16. The zero-order chi connectivity index (χ0) is 17.4. The number of carbonyl (C=O) groups excluding carboxylic acids is 1. The fraction of sp³-hybridized carbons (Fsp3) is 0.0588. The Morgan fingerprint density at radius 2 is 1.96 bits per heavy atom. The average Bonchev–Trinajstić information content (AvgIpc) is 3.22. The number of nitrogens with one attached hydrogen (secondary N) is 1. The number of rotatable bonds is 3. The summed E-state index contributed by atoms with van der Waals surface area (Å²) in [7, 11) is 1.69. The SMILES string of the molecule is Cn1nc(-c2ccc(F)cc2)cc1C(=O)Nc1cccc2nsnc12. The molecule has 0 bridgehead atoms. The van der Waals surface area contributed by atoms with Crippen LogP contribution in [0.1, 0.15) is 10.5 Å². The third-order valence-electron chi connectivity index (χ3n) is 3.79. The minimum absolute atomic E-state index is 0.302. The van der Waals surface area contributed by atoms with Crippen LogP contribution in [0.25, 0.3) is 22.3 Å². The monoisotopic (exact) mass is 353 g/mol. The van der Waals surface area contributed by atoms with Gasteiger partial charge in [0.2, 0.25) is 0 Å². The number of aromatic nitrogens is 4. The number of carbonyl (C=O) groups is 1. The number of nitrogens with zero attached hydrogens (tertiary/aromatic N) is 4. The molecule has 0 unspecified atom stereocenters. The molecular formula is C17H12FN5OS. The predicted octanol–water partition coefficient (Wildman–Crippen LogP) is 3.48. The van der Waals surface area contributed by atoms with Crippen LogP contribution < -0.4 is 5.32 Å². The summed E-state index contributed by atoms with van der Waals surface area (Å²) in [5.41, 5.74) is 3.71. The van der Waals surface area contributed by atoms with Gasteiger partial charge < -0.3 is 5.32 Å². The summed E-state index contributed by atoms with van der Waals surface area (Å²) in [6.45, 7) is 0. The zero-order valence-corrected chi connectivity index (χ0v) is 13.9. The lowest BCUT2D eigenvalue weighted by molar-refractivity contribution is 0.101. The van der Waals surface area contributed by atoms with Crippen LogP contribution in [-0.4, -0.2) is 24.4 Å². The normalized spacial score (nSPS) is 11.0. The number of fused-ring (bicyclic) bond motifs is 1. The third kappa shape index (κ3) is 2.87. The van der Waals surface area contributed by atoms with E-state index in [2.05, 4.69) is 19.2 Å². The predicted molar refractivity (Wildman–Crippen MR) is 94.0 cm³/mol. The maximum atomic E-state index is 13.1. The molecule has 4 aromatic rings. The Balaban J connectivity index is 1.64. The van der Waals surface area contributed by atoms with Gasteiger partial charge in [-0.15, -0.1) is 0 Å². The van der Waals surface area contributed by atoms with Crippen LogP contribution in [0, 0.1) is 5.82 Å². The molecule has 6 nitrogen and oxygen atoms in total. The zero-order valence-electron chi connectivity index (χ0n) is 13.1. The smallest absolute Gasteiger partial charge is 0.274 e. The lowest BCUT2D eigenvalue weighted by atomic mass is 10.1. The molecule has 0 aliphatic heterocycles. The molecule has 0 saturated heterocycles. The fourth-order valence-corrected chi connectivity index (χ4v) is 3.08. The molecule has 0 atom stereocenters. The van der Waals surface area contributed by atoms with E-state index in [1.54, 1.807) is 31.3 Å². The quantitative estimate of drug-likeness (QED) is 0.612. The molecule has 0 fully saturated rings. The Labute approximate surface area is 146 Å². The summed E-state index contributed by atoms with van der Waals surface area (Å²) < 4.78 is 22.9. The van der Waals surface area contributed by atoms with E-state index in [-0.39, 0.29) is 11.7 Å². The van der Waals surface area contributed by atoms with Crippen molar-refractivity contribution in [2.75, 3.05) is 5.32 Å². The molecule has 2 aromatic carbocycles. The number of anilines is 1. The van der Waals surface area contributed by atoms with Gasteiger partial charge in [0.15, 0.2) is 0 Å². The molecule has 4 rings (SSSR count). The summed E-state index contributed by atoms with van der Waals surface area (Å²) in [6.07, 6.45) is 0. The van der Waals surface area contributed by atoms with E-state index in [0.29, 0.717) is 22.6 Å². The molecular weight excluding hydrogens is 341 g/mol. The first-order valence-electron chi connectivity index (χ1n) is 7.44. The van der Waals surface area contributed by atoms with E-state index < -0.39 is 0 Å². The van der Waals surface area contributed by atoms with Gasteiger partial charge in [-0.2, -0.15) is 13.8 Å². The number of amides is 1. The topological polar surface area (TPSA) is 72.7 Å². The molecule has 1 N–H and O–H groups in total. The van der Waals surface area contributed by atoms with Crippen molar-refractivity contribution in [2.24, 2.45) is 7.05 Å². The summed E-state index contributed by atoms with van der Waals surface area (Å²) in [5.74, 6) is -0.619. The molecule has 124 valence electrons. The Bertz CT molecular complexity index is 1070. The van der Waals surface area contributed by atoms with E-state index in [1.807, 2.05) is 12.1 Å². The number of benzene rings is 2. The highest BCUT2D eigenvalue weighted by Crippen LogP contribution is 2.23. The van der Waals surface area contributed by atoms with Gasteiger partial charge in [-0.25, -0.2) is 4.39 Å². The summed E-state index contributed by atoms with van der Waals surface area (Å²) in [5, 5.41) is 7.18. The van der Waals surface area contributed by atoms with Crippen LogP contribution in [0.15, 0.2) is 48.5 Å². The largest absolute Gasteiger partial charge is 0.319 e. The molecule has 1 amide bonds.